The molecule has 3 aromatic carbocycles. The molecular formula is C23H19N3O3S. The van der Waals surface area contributed by atoms with E-state index in [1.165, 1.54) is 0 Å². The Labute approximate surface area is 177 Å². The molecule has 0 saturated heterocycles. The molecule has 4 aromatic rings. The average molecular weight is 417 g/mol. The molecule has 2 N–H and O–H groups in total. The van der Waals surface area contributed by atoms with Gasteiger partial charge in [0.1, 0.15) is 10.8 Å². The summed E-state index contributed by atoms with van der Waals surface area (Å²) in [5.74, 6) is 0.0566. The minimum Gasteiger partial charge on any atom is -0.483 e. The van der Waals surface area contributed by atoms with Crippen molar-refractivity contribution in [2.45, 2.75) is 0 Å². The first kappa shape index (κ1) is 19.6. The summed E-state index contributed by atoms with van der Waals surface area (Å²) in [5, 5.41) is 6.15. The highest BCUT2D eigenvalue weighted by Gasteiger charge is 2.13. The Morgan fingerprint density at radius 2 is 1.80 bits per heavy atom. The van der Waals surface area contributed by atoms with Crippen LogP contribution in [0.2, 0.25) is 0 Å². The van der Waals surface area contributed by atoms with Crippen molar-refractivity contribution in [2.75, 3.05) is 19.0 Å². The van der Waals surface area contributed by atoms with Crippen LogP contribution in [0.4, 0.5) is 5.69 Å². The number of carbonyl (C=O) groups excluding carboxylic acids is 2. The van der Waals surface area contributed by atoms with Gasteiger partial charge in [0.2, 0.25) is 0 Å². The second kappa shape index (κ2) is 8.75. The lowest BCUT2D eigenvalue weighted by molar-refractivity contribution is -0.118. The van der Waals surface area contributed by atoms with Crippen molar-refractivity contribution in [2.24, 2.45) is 0 Å². The fourth-order valence-corrected chi connectivity index (χ4v) is 3.98. The van der Waals surface area contributed by atoms with Gasteiger partial charge in [-0.05, 0) is 42.5 Å². The molecule has 0 radical (unpaired) electrons. The summed E-state index contributed by atoms with van der Waals surface area (Å²) in [6.07, 6.45) is 0. The highest BCUT2D eigenvalue weighted by Crippen LogP contribution is 2.35. The number of thiazole rings is 1. The Bertz CT molecular complexity index is 1190. The minimum absolute atomic E-state index is 0.161. The second-order valence-corrected chi connectivity index (χ2v) is 7.51. The predicted octanol–water partition coefficient (Wildman–Crippen LogP) is 4.34. The molecule has 0 aliphatic heterocycles. The van der Waals surface area contributed by atoms with Gasteiger partial charge in [-0.1, -0.05) is 30.3 Å². The number of carbonyl (C=O) groups is 2. The first-order valence-electron chi connectivity index (χ1n) is 9.34. The number of hydrogen-bond acceptors (Lipinski definition) is 5. The van der Waals surface area contributed by atoms with Gasteiger partial charge >= 0.3 is 0 Å². The van der Waals surface area contributed by atoms with Crippen molar-refractivity contribution < 1.29 is 14.3 Å². The molecule has 0 aliphatic carbocycles. The number of fused-ring (bicyclic) bond motifs is 1. The van der Waals surface area contributed by atoms with Crippen LogP contribution in [0.5, 0.6) is 5.75 Å². The van der Waals surface area contributed by atoms with Gasteiger partial charge in [-0.3, -0.25) is 9.59 Å². The maximum atomic E-state index is 12.4. The van der Waals surface area contributed by atoms with Gasteiger partial charge in [-0.15, -0.1) is 11.3 Å². The highest BCUT2D eigenvalue weighted by atomic mass is 32.1. The lowest BCUT2D eigenvalue weighted by atomic mass is 10.2. The second-order valence-electron chi connectivity index (χ2n) is 6.48. The zero-order chi connectivity index (χ0) is 20.9. The number of amides is 2. The third kappa shape index (κ3) is 4.31. The molecule has 0 atom stereocenters. The van der Waals surface area contributed by atoms with Crippen LogP contribution in [-0.4, -0.2) is 30.5 Å². The van der Waals surface area contributed by atoms with Gasteiger partial charge in [-0.2, -0.15) is 0 Å². The number of rotatable bonds is 6. The third-order valence-electron chi connectivity index (χ3n) is 4.41. The fraction of sp³-hybridized carbons (Fsp3) is 0.0870. The largest absolute Gasteiger partial charge is 0.483 e. The van der Waals surface area contributed by atoms with Crippen LogP contribution in [0.1, 0.15) is 10.4 Å². The lowest BCUT2D eigenvalue weighted by Crippen LogP contribution is -2.21. The van der Waals surface area contributed by atoms with E-state index < -0.39 is 0 Å². The normalized spacial score (nSPS) is 10.6. The van der Waals surface area contributed by atoms with E-state index in [2.05, 4.69) is 15.6 Å². The van der Waals surface area contributed by atoms with Gasteiger partial charge in [0, 0.05) is 18.3 Å². The number of para-hydroxylation sites is 2. The topological polar surface area (TPSA) is 80.3 Å². The van der Waals surface area contributed by atoms with E-state index in [9.17, 15) is 9.59 Å². The molecule has 150 valence electrons. The summed E-state index contributed by atoms with van der Waals surface area (Å²) >= 11 is 1.58. The first-order valence-corrected chi connectivity index (χ1v) is 10.2. The molecule has 0 saturated carbocycles. The first-order chi connectivity index (χ1) is 14.6. The van der Waals surface area contributed by atoms with Crippen molar-refractivity contribution in [3.05, 3.63) is 78.4 Å². The Morgan fingerprint density at radius 1 is 1.00 bits per heavy atom. The molecule has 4 rings (SSSR count). The molecule has 30 heavy (non-hydrogen) atoms. The van der Waals surface area contributed by atoms with Crippen LogP contribution in [0.15, 0.2) is 72.8 Å². The SMILES string of the molecule is CNC(=O)c1cccc(NC(=O)COc2ccccc2-c2nc3ccccc3s2)c1. The molecule has 6 nitrogen and oxygen atoms in total. The number of hydrogen-bond donors (Lipinski definition) is 2. The van der Waals surface area contributed by atoms with Crippen molar-refractivity contribution in [1.82, 2.24) is 10.3 Å². The average Bonchev–Trinajstić information content (AvgIpc) is 3.21. The summed E-state index contributed by atoms with van der Waals surface area (Å²) in [6.45, 7) is -0.161. The Balaban J connectivity index is 1.47. The van der Waals surface area contributed by atoms with Crippen molar-refractivity contribution in [3.63, 3.8) is 0 Å². The van der Waals surface area contributed by atoms with E-state index in [0.29, 0.717) is 17.0 Å². The molecule has 0 fully saturated rings. The van der Waals surface area contributed by atoms with Gasteiger partial charge in [0.25, 0.3) is 11.8 Å². The maximum Gasteiger partial charge on any atom is 0.262 e. The van der Waals surface area contributed by atoms with Crippen LogP contribution in [-0.2, 0) is 4.79 Å². The Morgan fingerprint density at radius 3 is 2.63 bits per heavy atom. The number of aromatic nitrogens is 1. The lowest BCUT2D eigenvalue weighted by Gasteiger charge is -2.11. The van der Waals surface area contributed by atoms with Gasteiger partial charge in [0.05, 0.1) is 15.8 Å². The van der Waals surface area contributed by atoms with E-state index in [1.54, 1.807) is 42.6 Å². The predicted molar refractivity (Wildman–Crippen MR) is 119 cm³/mol. The summed E-state index contributed by atoms with van der Waals surface area (Å²) in [4.78, 5) is 28.8. The van der Waals surface area contributed by atoms with E-state index >= 15 is 0 Å². The van der Waals surface area contributed by atoms with E-state index in [4.69, 9.17) is 4.74 Å². The number of nitrogens with zero attached hydrogens (tertiary/aromatic N) is 1. The smallest absolute Gasteiger partial charge is 0.262 e. The van der Waals surface area contributed by atoms with Gasteiger partial charge in [0.15, 0.2) is 6.61 Å². The van der Waals surface area contributed by atoms with Crippen LogP contribution in [0.3, 0.4) is 0 Å². The van der Waals surface area contributed by atoms with Crippen molar-refractivity contribution in [3.8, 4) is 16.3 Å². The van der Waals surface area contributed by atoms with Crippen LogP contribution in [0, 0.1) is 0 Å². The highest BCUT2D eigenvalue weighted by molar-refractivity contribution is 7.21. The molecule has 2 amide bonds. The van der Waals surface area contributed by atoms with Crippen LogP contribution >= 0.6 is 11.3 Å². The number of ether oxygens (including phenoxy) is 1. The van der Waals surface area contributed by atoms with Crippen LogP contribution < -0.4 is 15.4 Å². The molecule has 0 aliphatic rings. The Hall–Kier alpha value is -3.71. The van der Waals surface area contributed by atoms with Gasteiger partial charge in [-0.25, -0.2) is 4.98 Å². The third-order valence-corrected chi connectivity index (χ3v) is 5.48. The summed E-state index contributed by atoms with van der Waals surface area (Å²) in [7, 11) is 1.56. The Kier molecular flexibility index (Phi) is 5.72. The number of nitrogens with one attached hydrogen (secondary N) is 2. The number of benzene rings is 3. The zero-order valence-corrected chi connectivity index (χ0v) is 17.0. The zero-order valence-electron chi connectivity index (χ0n) is 16.2. The maximum absolute atomic E-state index is 12.4. The minimum atomic E-state index is -0.317. The summed E-state index contributed by atoms with van der Waals surface area (Å²) < 4.78 is 6.89. The molecule has 0 unspecified atom stereocenters. The quantitative estimate of drug-likeness (QED) is 0.489. The summed E-state index contributed by atoms with van der Waals surface area (Å²) in [5.41, 5.74) is 2.77. The number of anilines is 1. The molecule has 1 aromatic heterocycles. The monoisotopic (exact) mass is 417 g/mol. The molecular weight excluding hydrogens is 398 g/mol. The van der Waals surface area contributed by atoms with Crippen molar-refractivity contribution in [1.29, 1.82) is 0 Å². The summed E-state index contributed by atoms with van der Waals surface area (Å²) in [6, 6.07) is 22.2. The van der Waals surface area contributed by atoms with Crippen molar-refractivity contribution >= 4 is 39.1 Å². The molecule has 1 heterocycles. The van der Waals surface area contributed by atoms with Gasteiger partial charge < -0.3 is 15.4 Å². The molecule has 7 heteroatoms. The molecule has 0 bridgehead atoms. The fourth-order valence-electron chi connectivity index (χ4n) is 2.98. The standard InChI is InChI=1S/C23H19N3O3S/c1-24-22(28)15-7-6-8-16(13-15)25-21(27)14-29-19-11-4-2-9-17(19)23-26-18-10-3-5-12-20(18)30-23/h2-13H,14H2,1H3,(H,24,28)(H,25,27). The molecule has 0 spiro atoms. The van der Waals surface area contributed by atoms with E-state index in [-0.39, 0.29) is 18.4 Å². The van der Waals surface area contributed by atoms with E-state index in [0.717, 1.165) is 20.8 Å². The van der Waals surface area contributed by atoms with Crippen LogP contribution in [0.25, 0.3) is 20.8 Å². The van der Waals surface area contributed by atoms with E-state index in [1.807, 2.05) is 48.5 Å².